The van der Waals surface area contributed by atoms with Crippen molar-refractivity contribution in [3.63, 3.8) is 0 Å². The molecule has 0 aliphatic carbocycles. The van der Waals surface area contributed by atoms with E-state index in [1.54, 1.807) is 0 Å². The van der Waals surface area contributed by atoms with Crippen LogP contribution in [0.1, 0.15) is 181 Å². The Labute approximate surface area is 287 Å². The van der Waals surface area contributed by atoms with E-state index >= 15 is 0 Å². The summed E-state index contributed by atoms with van der Waals surface area (Å²) in [5, 5.41) is 0. The van der Waals surface area contributed by atoms with Crippen molar-refractivity contribution in [3.8, 4) is 0 Å². The molecule has 3 aromatic rings. The molecule has 0 heteroatoms. The van der Waals surface area contributed by atoms with Gasteiger partial charge in [-0.1, -0.05) is 236 Å². The zero-order valence-corrected chi connectivity index (χ0v) is 34.8. The first kappa shape index (κ1) is 55.1. The van der Waals surface area contributed by atoms with E-state index in [1.807, 2.05) is 83.1 Å². The summed E-state index contributed by atoms with van der Waals surface area (Å²) in [6, 6.07) is 32.0. The van der Waals surface area contributed by atoms with Crippen LogP contribution in [-0.2, 0) is 16.2 Å². The zero-order valence-electron chi connectivity index (χ0n) is 34.8. The Kier molecular flexibility index (Phi) is 46.3. The van der Waals surface area contributed by atoms with Gasteiger partial charge in [-0.25, -0.2) is 0 Å². The molecule has 264 valence electrons. The van der Waals surface area contributed by atoms with E-state index in [-0.39, 0.29) is 0 Å². The maximum absolute atomic E-state index is 2.28. The van der Waals surface area contributed by atoms with Gasteiger partial charge in [0.1, 0.15) is 0 Å². The largest absolute Gasteiger partial charge is 0.0683 e. The summed E-state index contributed by atoms with van der Waals surface area (Å²) in [5.74, 6) is 0. The fraction of sp³-hybridized carbons (Fsp3) is 0.600. The van der Waals surface area contributed by atoms with Crippen molar-refractivity contribution in [2.45, 2.75) is 181 Å². The van der Waals surface area contributed by atoms with Gasteiger partial charge in [0.2, 0.25) is 0 Å². The van der Waals surface area contributed by atoms with Crippen LogP contribution in [0.15, 0.2) is 91.0 Å². The van der Waals surface area contributed by atoms with Crippen molar-refractivity contribution in [2.24, 2.45) is 0 Å². The van der Waals surface area contributed by atoms with Crippen LogP contribution in [0.25, 0.3) is 0 Å². The molecule has 0 radical (unpaired) electrons. The van der Waals surface area contributed by atoms with Gasteiger partial charge >= 0.3 is 0 Å². The van der Waals surface area contributed by atoms with E-state index in [4.69, 9.17) is 0 Å². The molecule has 0 unspecified atom stereocenters. The van der Waals surface area contributed by atoms with Crippen LogP contribution in [-0.4, -0.2) is 0 Å². The molecule has 0 bridgehead atoms. The minimum absolute atomic E-state index is 0.335. The molecular weight excluding hydrogens is 540 g/mol. The fourth-order valence-electron chi connectivity index (χ4n) is 3.28. The van der Waals surface area contributed by atoms with Gasteiger partial charge in [0.05, 0.1) is 0 Å². The zero-order chi connectivity index (χ0) is 37.0. The van der Waals surface area contributed by atoms with Gasteiger partial charge in [0.25, 0.3) is 0 Å². The molecule has 45 heavy (non-hydrogen) atoms. The maximum Gasteiger partial charge on any atom is -0.0106 e. The first-order valence-corrected chi connectivity index (χ1v) is 18.7. The van der Waals surface area contributed by atoms with Crippen LogP contribution in [0.3, 0.4) is 0 Å². The second-order valence-electron chi connectivity index (χ2n) is 10.8. The third kappa shape index (κ3) is 27.7. The first-order valence-electron chi connectivity index (χ1n) is 18.7. The minimum atomic E-state index is 0.335. The molecule has 0 aromatic heterocycles. The van der Waals surface area contributed by atoms with E-state index < -0.39 is 0 Å². The van der Waals surface area contributed by atoms with Crippen molar-refractivity contribution in [2.75, 3.05) is 0 Å². The van der Waals surface area contributed by atoms with Gasteiger partial charge in [0, 0.05) is 0 Å². The van der Waals surface area contributed by atoms with E-state index in [2.05, 4.69) is 153 Å². The molecule has 0 fully saturated rings. The van der Waals surface area contributed by atoms with Crippen molar-refractivity contribution in [3.05, 3.63) is 108 Å². The van der Waals surface area contributed by atoms with E-state index in [0.29, 0.717) is 16.2 Å². The SMILES string of the molecule is CC.CC.CC.CC.CC.CC.CCC(C)(C)c1ccccc1.CCC(C)(C)c1ccccc1.CCC(C)(C)c1ccccc1. The summed E-state index contributed by atoms with van der Waals surface area (Å²) in [6.45, 7) is 44.4. The predicted molar refractivity (Wildman–Crippen MR) is 217 cm³/mol. The molecule has 0 N–H and O–H groups in total. The Bertz CT molecular complexity index is 749. The summed E-state index contributed by atoms with van der Waals surface area (Å²) in [6.07, 6.45) is 3.57. The molecule has 0 aliphatic rings. The van der Waals surface area contributed by atoms with Crippen LogP contribution in [0.4, 0.5) is 0 Å². The van der Waals surface area contributed by atoms with Crippen molar-refractivity contribution < 1.29 is 0 Å². The number of benzene rings is 3. The average molecular weight is 625 g/mol. The van der Waals surface area contributed by atoms with Crippen LogP contribution >= 0.6 is 0 Å². The standard InChI is InChI=1S/3C11H16.6C2H6/c3*1-4-11(2,3)10-8-6-5-7-9-10;6*1-2/h3*5-9H,4H2,1-3H3;6*1-2H3. The van der Waals surface area contributed by atoms with Gasteiger partial charge in [0.15, 0.2) is 0 Å². The molecule has 0 heterocycles. The fourth-order valence-corrected chi connectivity index (χ4v) is 3.28. The lowest BCUT2D eigenvalue weighted by Gasteiger charge is -2.22. The molecule has 0 saturated heterocycles. The van der Waals surface area contributed by atoms with Crippen molar-refractivity contribution >= 4 is 0 Å². The Morgan fingerprint density at radius 3 is 0.533 bits per heavy atom. The second-order valence-corrected chi connectivity index (χ2v) is 10.8. The van der Waals surface area contributed by atoms with Gasteiger partial charge < -0.3 is 0 Å². The van der Waals surface area contributed by atoms with Gasteiger partial charge in [-0.05, 0) is 52.2 Å². The number of hydrogen-bond acceptors (Lipinski definition) is 0. The van der Waals surface area contributed by atoms with Gasteiger partial charge in [-0.3, -0.25) is 0 Å². The summed E-state index contributed by atoms with van der Waals surface area (Å²) in [5.41, 5.74) is 5.30. The summed E-state index contributed by atoms with van der Waals surface area (Å²) in [7, 11) is 0. The monoisotopic (exact) mass is 625 g/mol. The van der Waals surface area contributed by atoms with E-state index in [1.165, 1.54) is 36.0 Å². The highest BCUT2D eigenvalue weighted by molar-refractivity contribution is 5.24. The van der Waals surface area contributed by atoms with Crippen LogP contribution in [0.2, 0.25) is 0 Å². The molecule has 3 rings (SSSR count). The quantitative estimate of drug-likeness (QED) is 0.256. The molecule has 0 spiro atoms. The second kappa shape index (κ2) is 37.8. The lowest BCUT2D eigenvalue weighted by molar-refractivity contribution is 0.506. The van der Waals surface area contributed by atoms with E-state index in [0.717, 1.165) is 0 Å². The highest BCUT2D eigenvalue weighted by Gasteiger charge is 2.17. The molecule has 0 amide bonds. The lowest BCUT2D eigenvalue weighted by Crippen LogP contribution is -2.14. The molecule has 0 atom stereocenters. The van der Waals surface area contributed by atoms with Crippen molar-refractivity contribution in [1.29, 1.82) is 0 Å². The van der Waals surface area contributed by atoms with Gasteiger partial charge in [-0.2, -0.15) is 0 Å². The molecule has 0 nitrogen and oxygen atoms in total. The predicted octanol–water partition coefficient (Wildman–Crippen LogP) is 16.3. The molecule has 0 aliphatic heterocycles. The molecule has 3 aromatic carbocycles. The number of hydrogen-bond donors (Lipinski definition) is 0. The Morgan fingerprint density at radius 2 is 0.422 bits per heavy atom. The summed E-state index contributed by atoms with van der Waals surface area (Å²) < 4.78 is 0. The Balaban J connectivity index is -0.000000108. The smallest absolute Gasteiger partial charge is 0.0106 e. The molecular formula is C45H84. The normalized spacial score (nSPS) is 9.27. The highest BCUT2D eigenvalue weighted by atomic mass is 14.2. The van der Waals surface area contributed by atoms with E-state index in [9.17, 15) is 0 Å². The number of rotatable bonds is 6. The third-order valence-corrected chi connectivity index (χ3v) is 7.32. The average Bonchev–Trinajstić information content (AvgIpc) is 3.15. The Morgan fingerprint density at radius 1 is 0.289 bits per heavy atom. The summed E-state index contributed by atoms with van der Waals surface area (Å²) >= 11 is 0. The first-order chi connectivity index (χ1) is 21.5. The molecule has 0 saturated carbocycles. The highest BCUT2D eigenvalue weighted by Crippen LogP contribution is 2.27. The van der Waals surface area contributed by atoms with Crippen molar-refractivity contribution in [1.82, 2.24) is 0 Å². The van der Waals surface area contributed by atoms with Crippen LogP contribution in [0, 0.1) is 0 Å². The third-order valence-electron chi connectivity index (χ3n) is 7.32. The lowest BCUT2D eigenvalue weighted by atomic mass is 9.82. The van der Waals surface area contributed by atoms with Crippen LogP contribution < -0.4 is 0 Å². The topological polar surface area (TPSA) is 0 Å². The van der Waals surface area contributed by atoms with Gasteiger partial charge in [-0.15, -0.1) is 0 Å². The summed E-state index contributed by atoms with van der Waals surface area (Å²) in [4.78, 5) is 0. The Hall–Kier alpha value is -2.34. The minimum Gasteiger partial charge on any atom is -0.0683 e. The maximum atomic E-state index is 2.28. The van der Waals surface area contributed by atoms with Crippen LogP contribution in [0.5, 0.6) is 0 Å².